The van der Waals surface area contributed by atoms with Gasteiger partial charge in [0.15, 0.2) is 0 Å². The molecule has 1 rings (SSSR count). The quantitative estimate of drug-likeness (QED) is 0.754. The van der Waals surface area contributed by atoms with Crippen LogP contribution in [0.4, 0.5) is 5.82 Å². The Hall–Kier alpha value is -1.18. The third-order valence-corrected chi connectivity index (χ3v) is 4.86. The smallest absolute Gasteiger partial charge is 0.244 e. The number of unbranched alkanes of at least 4 members (excludes halogenated alkanes) is 1. The highest BCUT2D eigenvalue weighted by atomic mass is 32.2. The lowest BCUT2D eigenvalue weighted by Crippen LogP contribution is -2.29. The third-order valence-electron chi connectivity index (χ3n) is 3.06. The predicted octanol–water partition coefficient (Wildman–Crippen LogP) is 1.26. The second-order valence-corrected chi connectivity index (χ2v) is 7.04. The highest BCUT2D eigenvalue weighted by Crippen LogP contribution is 2.15. The van der Waals surface area contributed by atoms with Crippen LogP contribution in [-0.4, -0.2) is 44.4 Å². The van der Waals surface area contributed by atoms with E-state index in [-0.39, 0.29) is 10.9 Å². The Kier molecular flexibility index (Phi) is 6.38. The molecule has 1 atom stereocenters. The first kappa shape index (κ1) is 16.9. The Morgan fingerprint density at radius 2 is 2.10 bits per heavy atom. The Morgan fingerprint density at radius 1 is 1.40 bits per heavy atom. The standard InChI is InChI=1S/C13H24N4O2S/c1-4-5-6-11(9-14)16-13-8-7-12(10-15-13)20(18,19)17(2)3/h7-8,10-11H,4-6,9,14H2,1-3H3,(H,15,16). The zero-order valence-corrected chi connectivity index (χ0v) is 13.2. The molecule has 0 aliphatic rings. The third kappa shape index (κ3) is 4.43. The summed E-state index contributed by atoms with van der Waals surface area (Å²) in [6.45, 7) is 2.66. The van der Waals surface area contributed by atoms with Crippen LogP contribution >= 0.6 is 0 Å². The highest BCUT2D eigenvalue weighted by Gasteiger charge is 2.17. The molecule has 1 aromatic heterocycles. The van der Waals surface area contributed by atoms with Crippen LogP contribution in [0.25, 0.3) is 0 Å². The zero-order chi connectivity index (χ0) is 15.2. The number of hydrogen-bond acceptors (Lipinski definition) is 5. The lowest BCUT2D eigenvalue weighted by atomic mass is 10.1. The maximum absolute atomic E-state index is 11.9. The van der Waals surface area contributed by atoms with Crippen LogP contribution < -0.4 is 11.1 Å². The van der Waals surface area contributed by atoms with E-state index in [9.17, 15) is 8.42 Å². The van der Waals surface area contributed by atoms with Crippen molar-refractivity contribution in [2.24, 2.45) is 5.73 Å². The van der Waals surface area contributed by atoms with Crippen molar-refractivity contribution in [2.75, 3.05) is 26.0 Å². The summed E-state index contributed by atoms with van der Waals surface area (Å²) in [5.41, 5.74) is 5.71. The van der Waals surface area contributed by atoms with E-state index in [1.165, 1.54) is 24.6 Å². The van der Waals surface area contributed by atoms with Crippen molar-refractivity contribution in [3.05, 3.63) is 18.3 Å². The highest BCUT2D eigenvalue weighted by molar-refractivity contribution is 7.89. The van der Waals surface area contributed by atoms with Gasteiger partial charge in [0.2, 0.25) is 10.0 Å². The van der Waals surface area contributed by atoms with E-state index in [0.29, 0.717) is 12.4 Å². The van der Waals surface area contributed by atoms with E-state index in [2.05, 4.69) is 17.2 Å². The first-order chi connectivity index (χ1) is 9.41. The van der Waals surface area contributed by atoms with Gasteiger partial charge in [-0.2, -0.15) is 0 Å². The molecule has 0 aliphatic carbocycles. The molecule has 3 N–H and O–H groups in total. The van der Waals surface area contributed by atoms with Gasteiger partial charge in [0.25, 0.3) is 0 Å². The minimum absolute atomic E-state index is 0.166. The van der Waals surface area contributed by atoms with Gasteiger partial charge in [-0.05, 0) is 18.6 Å². The van der Waals surface area contributed by atoms with E-state index in [1.54, 1.807) is 12.1 Å². The fourth-order valence-electron chi connectivity index (χ4n) is 1.74. The minimum atomic E-state index is -3.42. The SMILES string of the molecule is CCCCC(CN)Nc1ccc(S(=O)(=O)N(C)C)cn1. The molecule has 0 spiro atoms. The van der Waals surface area contributed by atoms with Crippen LogP contribution in [0.3, 0.4) is 0 Å². The van der Waals surface area contributed by atoms with Crippen LogP contribution in [0.1, 0.15) is 26.2 Å². The Labute approximate surface area is 121 Å². The molecular weight excluding hydrogens is 276 g/mol. The van der Waals surface area contributed by atoms with Gasteiger partial charge in [-0.1, -0.05) is 19.8 Å². The second-order valence-electron chi connectivity index (χ2n) is 4.89. The molecule has 7 heteroatoms. The van der Waals surface area contributed by atoms with Gasteiger partial charge in [0.05, 0.1) is 0 Å². The first-order valence-electron chi connectivity index (χ1n) is 6.77. The molecule has 6 nitrogen and oxygen atoms in total. The average Bonchev–Trinajstić information content (AvgIpc) is 2.43. The second kappa shape index (κ2) is 7.56. The topological polar surface area (TPSA) is 88.3 Å². The van der Waals surface area contributed by atoms with Crippen molar-refractivity contribution in [1.82, 2.24) is 9.29 Å². The summed E-state index contributed by atoms with van der Waals surface area (Å²) < 4.78 is 25.0. The summed E-state index contributed by atoms with van der Waals surface area (Å²) in [5, 5.41) is 3.23. The van der Waals surface area contributed by atoms with Gasteiger partial charge >= 0.3 is 0 Å². The van der Waals surface area contributed by atoms with E-state index >= 15 is 0 Å². The monoisotopic (exact) mass is 300 g/mol. The van der Waals surface area contributed by atoms with Gasteiger partial charge in [-0.3, -0.25) is 0 Å². The van der Waals surface area contributed by atoms with E-state index in [1.807, 2.05) is 0 Å². The maximum Gasteiger partial charge on any atom is 0.244 e. The van der Waals surface area contributed by atoms with Crippen molar-refractivity contribution < 1.29 is 8.42 Å². The van der Waals surface area contributed by atoms with Crippen LogP contribution in [0.2, 0.25) is 0 Å². The summed E-state index contributed by atoms with van der Waals surface area (Å²) in [5.74, 6) is 0.647. The molecule has 0 fully saturated rings. The van der Waals surface area contributed by atoms with Gasteiger partial charge in [-0.15, -0.1) is 0 Å². The number of nitrogens with one attached hydrogen (secondary N) is 1. The van der Waals surface area contributed by atoms with Crippen LogP contribution in [-0.2, 0) is 10.0 Å². The van der Waals surface area contributed by atoms with E-state index in [0.717, 1.165) is 19.3 Å². The molecule has 0 saturated carbocycles. The maximum atomic E-state index is 11.9. The number of rotatable bonds is 8. The van der Waals surface area contributed by atoms with E-state index < -0.39 is 10.0 Å². The molecule has 0 saturated heterocycles. The fraction of sp³-hybridized carbons (Fsp3) is 0.615. The number of pyridine rings is 1. The molecule has 1 unspecified atom stereocenters. The molecule has 0 amide bonds. The Balaban J connectivity index is 2.76. The largest absolute Gasteiger partial charge is 0.366 e. The number of nitrogens with zero attached hydrogens (tertiary/aromatic N) is 2. The normalized spacial score (nSPS) is 13.4. The van der Waals surface area contributed by atoms with Gasteiger partial charge in [0.1, 0.15) is 10.7 Å². The molecule has 1 heterocycles. The molecule has 20 heavy (non-hydrogen) atoms. The molecule has 0 radical (unpaired) electrons. The van der Waals surface area contributed by atoms with Crippen LogP contribution in [0.15, 0.2) is 23.2 Å². The lowest BCUT2D eigenvalue weighted by Gasteiger charge is -2.17. The average molecular weight is 300 g/mol. The Bertz CT molecular complexity index is 500. The molecule has 0 aromatic carbocycles. The van der Waals surface area contributed by atoms with E-state index in [4.69, 9.17) is 5.73 Å². The number of anilines is 1. The lowest BCUT2D eigenvalue weighted by molar-refractivity contribution is 0.520. The molecule has 0 bridgehead atoms. The summed E-state index contributed by atoms with van der Waals surface area (Å²) in [7, 11) is -0.430. The molecule has 0 aliphatic heterocycles. The summed E-state index contributed by atoms with van der Waals surface area (Å²) >= 11 is 0. The Morgan fingerprint density at radius 3 is 2.55 bits per heavy atom. The van der Waals surface area contributed by atoms with Crippen molar-refractivity contribution in [1.29, 1.82) is 0 Å². The van der Waals surface area contributed by atoms with Crippen molar-refractivity contribution in [3.63, 3.8) is 0 Å². The van der Waals surface area contributed by atoms with Crippen LogP contribution in [0, 0.1) is 0 Å². The van der Waals surface area contributed by atoms with Crippen LogP contribution in [0.5, 0.6) is 0 Å². The zero-order valence-electron chi connectivity index (χ0n) is 12.3. The van der Waals surface area contributed by atoms with Crippen molar-refractivity contribution in [2.45, 2.75) is 37.1 Å². The first-order valence-corrected chi connectivity index (χ1v) is 8.21. The van der Waals surface area contributed by atoms with Gasteiger partial charge in [-0.25, -0.2) is 17.7 Å². The van der Waals surface area contributed by atoms with Crippen molar-refractivity contribution in [3.8, 4) is 0 Å². The number of nitrogens with two attached hydrogens (primary N) is 1. The molecule has 114 valence electrons. The van der Waals surface area contributed by atoms with Gasteiger partial charge in [0, 0.05) is 32.9 Å². The summed E-state index contributed by atoms with van der Waals surface area (Å²) in [6.07, 6.45) is 4.56. The molecule has 1 aromatic rings. The summed E-state index contributed by atoms with van der Waals surface area (Å²) in [6, 6.07) is 3.39. The van der Waals surface area contributed by atoms with Crippen molar-refractivity contribution >= 4 is 15.8 Å². The number of sulfonamides is 1. The van der Waals surface area contributed by atoms with Gasteiger partial charge < -0.3 is 11.1 Å². The fourth-order valence-corrected chi connectivity index (χ4v) is 2.59. The number of hydrogen-bond donors (Lipinski definition) is 2. The molecular formula is C13H24N4O2S. The predicted molar refractivity (Wildman–Crippen MR) is 81.1 cm³/mol. The summed E-state index contributed by atoms with van der Waals surface area (Å²) in [4.78, 5) is 4.34. The number of aromatic nitrogens is 1. The minimum Gasteiger partial charge on any atom is -0.366 e.